The summed E-state index contributed by atoms with van der Waals surface area (Å²) in [7, 11) is 0. The fourth-order valence-corrected chi connectivity index (χ4v) is 1.39. The van der Waals surface area contributed by atoms with Gasteiger partial charge in [0.15, 0.2) is 0 Å². The molecule has 0 unspecified atom stereocenters. The van der Waals surface area contributed by atoms with Crippen molar-refractivity contribution in [2.45, 2.75) is 23.6 Å². The van der Waals surface area contributed by atoms with Crippen molar-refractivity contribution >= 4 is 25.3 Å². The van der Waals surface area contributed by atoms with Crippen LogP contribution in [-0.4, -0.2) is 45.3 Å². The Morgan fingerprint density at radius 3 is 0.917 bits per heavy atom. The Hall–Kier alpha value is -1.10. The predicted molar refractivity (Wildman–Crippen MR) is 105 cm³/mol. The first kappa shape index (κ1) is 34.3. The van der Waals surface area contributed by atoms with Crippen LogP contribution in [0.1, 0.15) is 11.1 Å². The van der Waals surface area contributed by atoms with Crippen LogP contribution in [0.25, 0.3) is 0 Å². The molecule has 2 rings (SSSR count). The molecule has 0 radical (unpaired) electrons. The van der Waals surface area contributed by atoms with Crippen LogP contribution in [0.4, 0.5) is 0 Å². The quantitative estimate of drug-likeness (QED) is 0.519. The molecule has 0 aliphatic heterocycles. The largest absolute Gasteiger partial charge is 0.412 e. The number of aliphatic hydroxyl groups excluding tert-OH is 2. The number of rotatable bonds is 1. The van der Waals surface area contributed by atoms with Crippen molar-refractivity contribution in [3.05, 3.63) is 59.7 Å². The molecule has 8 heteroatoms. The van der Waals surface area contributed by atoms with Crippen LogP contribution >= 0.6 is 25.3 Å². The molecule has 0 saturated heterocycles. The second kappa shape index (κ2) is 21.9. The summed E-state index contributed by atoms with van der Waals surface area (Å²) in [5.41, 5.74) is 2.56. The standard InChI is InChI=1S/2C7H8S.C2H6O2.4H2O/c2*1-6-2-4-7(8)5-3-6;3-1-2-4;;;;/h2*2-5,8H,1H3;3-4H,1-2H2;4*1H2. The van der Waals surface area contributed by atoms with Gasteiger partial charge in [-0.2, -0.15) is 0 Å². The van der Waals surface area contributed by atoms with Crippen molar-refractivity contribution in [1.29, 1.82) is 0 Å². The molecule has 6 nitrogen and oxygen atoms in total. The Kier molecular flexibility index (Phi) is 31.3. The molecular formula is C16H30O6S2. The third-order valence-electron chi connectivity index (χ3n) is 2.17. The van der Waals surface area contributed by atoms with Crippen molar-refractivity contribution in [1.82, 2.24) is 0 Å². The Bertz CT molecular complexity index is 375. The van der Waals surface area contributed by atoms with E-state index < -0.39 is 0 Å². The van der Waals surface area contributed by atoms with Crippen LogP contribution < -0.4 is 0 Å². The van der Waals surface area contributed by atoms with E-state index in [0.717, 1.165) is 9.79 Å². The number of benzene rings is 2. The molecule has 0 aromatic heterocycles. The summed E-state index contributed by atoms with van der Waals surface area (Å²) >= 11 is 8.26. The molecule has 0 fully saturated rings. The van der Waals surface area contributed by atoms with Crippen LogP contribution in [-0.2, 0) is 0 Å². The Morgan fingerprint density at radius 2 is 0.792 bits per heavy atom. The highest BCUT2D eigenvalue weighted by Gasteiger charge is 1.81. The second-order valence-corrected chi connectivity index (χ2v) is 5.15. The van der Waals surface area contributed by atoms with Crippen LogP contribution in [0, 0.1) is 13.8 Å². The predicted octanol–water partition coefficient (Wildman–Crippen LogP) is 0.240. The van der Waals surface area contributed by atoms with E-state index in [9.17, 15) is 0 Å². The van der Waals surface area contributed by atoms with Crippen molar-refractivity contribution < 1.29 is 32.1 Å². The van der Waals surface area contributed by atoms with Gasteiger partial charge in [0.2, 0.25) is 0 Å². The molecule has 0 heterocycles. The third-order valence-corrected chi connectivity index (χ3v) is 2.76. The first-order valence-electron chi connectivity index (χ1n) is 6.22. The fraction of sp³-hybridized carbons (Fsp3) is 0.250. The lowest BCUT2D eigenvalue weighted by atomic mass is 10.2. The summed E-state index contributed by atoms with van der Waals surface area (Å²) in [4.78, 5) is 2.05. The molecule has 0 aliphatic rings. The average Bonchev–Trinajstić information content (AvgIpc) is 2.46. The Morgan fingerprint density at radius 1 is 0.583 bits per heavy atom. The lowest BCUT2D eigenvalue weighted by Crippen LogP contribution is -1.85. The van der Waals surface area contributed by atoms with Gasteiger partial charge in [0, 0.05) is 9.79 Å². The molecule has 10 N–H and O–H groups in total. The number of hydrogen-bond acceptors (Lipinski definition) is 4. The zero-order valence-electron chi connectivity index (χ0n) is 13.8. The van der Waals surface area contributed by atoms with E-state index >= 15 is 0 Å². The van der Waals surface area contributed by atoms with Crippen molar-refractivity contribution in [2.75, 3.05) is 13.2 Å². The molecule has 0 bridgehead atoms. The van der Waals surface area contributed by atoms with E-state index in [1.54, 1.807) is 0 Å². The minimum Gasteiger partial charge on any atom is -0.412 e. The third kappa shape index (κ3) is 20.9. The first-order chi connectivity index (χ1) is 9.49. The lowest BCUT2D eigenvalue weighted by molar-refractivity contribution is 0.186. The van der Waals surface area contributed by atoms with Gasteiger partial charge < -0.3 is 32.1 Å². The highest BCUT2D eigenvalue weighted by Crippen LogP contribution is 2.06. The molecule has 0 saturated carbocycles. The monoisotopic (exact) mass is 382 g/mol. The summed E-state index contributed by atoms with van der Waals surface area (Å²) in [6, 6.07) is 16.1. The van der Waals surface area contributed by atoms with E-state index in [0.29, 0.717) is 0 Å². The summed E-state index contributed by atoms with van der Waals surface area (Å²) < 4.78 is 0. The van der Waals surface area contributed by atoms with Crippen molar-refractivity contribution in [2.24, 2.45) is 0 Å². The Balaban J connectivity index is -0.0000000728. The molecule has 0 aliphatic carbocycles. The van der Waals surface area contributed by atoms with E-state index in [-0.39, 0.29) is 35.1 Å². The molecule has 0 spiro atoms. The van der Waals surface area contributed by atoms with Crippen LogP contribution in [0.15, 0.2) is 58.3 Å². The van der Waals surface area contributed by atoms with Gasteiger partial charge in [-0.3, -0.25) is 0 Å². The second-order valence-electron chi connectivity index (χ2n) is 4.12. The summed E-state index contributed by atoms with van der Waals surface area (Å²) in [5, 5.41) is 15.2. The normalized spacial score (nSPS) is 7.42. The minimum absolute atomic E-state index is 0. The zero-order valence-corrected chi connectivity index (χ0v) is 15.6. The van der Waals surface area contributed by atoms with E-state index in [1.165, 1.54) is 11.1 Å². The SMILES string of the molecule is Cc1ccc(S)cc1.Cc1ccc(S)cc1.O.O.O.O.OCCO. The van der Waals surface area contributed by atoms with Gasteiger partial charge in [-0.15, -0.1) is 25.3 Å². The van der Waals surface area contributed by atoms with Gasteiger partial charge in [-0.25, -0.2) is 0 Å². The van der Waals surface area contributed by atoms with Crippen LogP contribution in [0.2, 0.25) is 0 Å². The van der Waals surface area contributed by atoms with Gasteiger partial charge >= 0.3 is 0 Å². The minimum atomic E-state index is -0.125. The summed E-state index contributed by atoms with van der Waals surface area (Å²) in [6.45, 7) is 3.88. The van der Waals surface area contributed by atoms with E-state index in [2.05, 4.69) is 39.1 Å². The number of hydrogen-bond donors (Lipinski definition) is 4. The fourth-order valence-electron chi connectivity index (χ4n) is 1.09. The number of thiol groups is 2. The first-order valence-corrected chi connectivity index (χ1v) is 7.12. The molecule has 142 valence electrons. The van der Waals surface area contributed by atoms with Gasteiger partial charge in [0.25, 0.3) is 0 Å². The number of aryl methyl sites for hydroxylation is 2. The summed E-state index contributed by atoms with van der Waals surface area (Å²) in [5.74, 6) is 0. The van der Waals surface area contributed by atoms with Crippen molar-refractivity contribution in [3.8, 4) is 0 Å². The van der Waals surface area contributed by atoms with Gasteiger partial charge in [-0.1, -0.05) is 35.4 Å². The lowest BCUT2D eigenvalue weighted by Gasteiger charge is -1.89. The van der Waals surface area contributed by atoms with E-state index in [1.807, 2.05) is 48.5 Å². The highest BCUT2D eigenvalue weighted by molar-refractivity contribution is 7.80. The van der Waals surface area contributed by atoms with Gasteiger partial charge in [0.05, 0.1) is 13.2 Å². The molecular weight excluding hydrogens is 352 g/mol. The average molecular weight is 383 g/mol. The topological polar surface area (TPSA) is 166 Å². The highest BCUT2D eigenvalue weighted by atomic mass is 32.1. The smallest absolute Gasteiger partial charge is 0.0662 e. The molecule has 0 atom stereocenters. The molecule has 0 amide bonds. The van der Waals surface area contributed by atoms with E-state index in [4.69, 9.17) is 10.2 Å². The van der Waals surface area contributed by atoms with Crippen molar-refractivity contribution in [3.63, 3.8) is 0 Å². The van der Waals surface area contributed by atoms with Gasteiger partial charge in [0.1, 0.15) is 0 Å². The molecule has 24 heavy (non-hydrogen) atoms. The summed E-state index contributed by atoms with van der Waals surface area (Å²) in [6.07, 6.45) is 0. The zero-order chi connectivity index (χ0) is 15.4. The maximum absolute atomic E-state index is 7.62. The maximum Gasteiger partial charge on any atom is 0.0662 e. The molecule has 2 aromatic carbocycles. The maximum atomic E-state index is 7.62. The Labute approximate surface area is 154 Å². The molecule has 2 aromatic rings. The number of aliphatic hydroxyl groups is 2. The van der Waals surface area contributed by atoms with Crippen LogP contribution in [0.3, 0.4) is 0 Å². The van der Waals surface area contributed by atoms with Gasteiger partial charge in [-0.05, 0) is 38.1 Å². The van der Waals surface area contributed by atoms with Crippen LogP contribution in [0.5, 0.6) is 0 Å².